The van der Waals surface area contributed by atoms with Gasteiger partial charge in [0.15, 0.2) is 6.61 Å². The fourth-order valence-electron chi connectivity index (χ4n) is 2.54. The maximum absolute atomic E-state index is 12.6. The highest BCUT2D eigenvalue weighted by Gasteiger charge is 2.37. The topological polar surface area (TPSA) is 82.1 Å². The molecule has 0 bridgehead atoms. The van der Waals surface area contributed by atoms with Gasteiger partial charge in [-0.3, -0.25) is 9.59 Å². The van der Waals surface area contributed by atoms with Gasteiger partial charge in [-0.1, -0.05) is 12.1 Å². The summed E-state index contributed by atoms with van der Waals surface area (Å²) in [6.07, 6.45) is 0. The van der Waals surface area contributed by atoms with Gasteiger partial charge in [-0.05, 0) is 24.3 Å². The van der Waals surface area contributed by atoms with Crippen LogP contribution in [0.15, 0.2) is 42.5 Å². The van der Waals surface area contributed by atoms with Gasteiger partial charge in [0, 0.05) is 6.07 Å². The molecule has 0 fully saturated rings. The van der Waals surface area contributed by atoms with Gasteiger partial charge in [-0.15, -0.1) is 0 Å². The lowest BCUT2D eigenvalue weighted by molar-refractivity contribution is -0.142. The van der Waals surface area contributed by atoms with Crippen LogP contribution in [0.3, 0.4) is 0 Å². The molecule has 0 aromatic heterocycles. The van der Waals surface area contributed by atoms with Gasteiger partial charge in [0.05, 0.1) is 31.0 Å². The fraction of sp³-hybridized carbons (Fsp3) is 0.167. The van der Waals surface area contributed by atoms with E-state index in [9.17, 15) is 14.4 Å². The summed E-state index contributed by atoms with van der Waals surface area (Å²) in [5, 5.41) is 0. The Kier molecular flexibility index (Phi) is 4.38. The molecule has 1 heterocycles. The van der Waals surface area contributed by atoms with Crippen molar-refractivity contribution in [2.75, 3.05) is 25.7 Å². The second kappa shape index (κ2) is 6.64. The molecule has 128 valence electrons. The number of hydrogen-bond donors (Lipinski definition) is 0. The molecule has 7 heteroatoms. The molecule has 1 aliphatic rings. The summed E-state index contributed by atoms with van der Waals surface area (Å²) in [7, 11) is 2.69. The van der Waals surface area contributed by atoms with E-state index in [1.54, 1.807) is 36.4 Å². The van der Waals surface area contributed by atoms with E-state index in [0.717, 1.165) is 4.90 Å². The van der Waals surface area contributed by atoms with Crippen molar-refractivity contribution in [3.8, 4) is 11.5 Å². The molecule has 0 aliphatic carbocycles. The number of carbonyl (C=O) groups excluding carboxylic acids is 3. The summed E-state index contributed by atoms with van der Waals surface area (Å²) in [6.45, 7) is -0.287. The van der Waals surface area contributed by atoms with E-state index in [1.165, 1.54) is 20.3 Å². The van der Waals surface area contributed by atoms with Gasteiger partial charge >= 0.3 is 5.97 Å². The first-order chi connectivity index (χ1) is 12.1. The van der Waals surface area contributed by atoms with Crippen molar-refractivity contribution in [3.05, 3.63) is 53.6 Å². The molecule has 3 rings (SSSR count). The third-order valence-corrected chi connectivity index (χ3v) is 3.77. The van der Waals surface area contributed by atoms with Crippen LogP contribution in [0.25, 0.3) is 0 Å². The highest BCUT2D eigenvalue weighted by atomic mass is 16.6. The van der Waals surface area contributed by atoms with Crippen LogP contribution in [-0.2, 0) is 9.53 Å². The minimum atomic E-state index is -0.543. The van der Waals surface area contributed by atoms with Crippen LogP contribution in [0, 0.1) is 0 Å². The summed E-state index contributed by atoms with van der Waals surface area (Å²) in [6, 6.07) is 11.2. The summed E-state index contributed by atoms with van der Waals surface area (Å²) in [5.41, 5.74) is 0.905. The Labute approximate surface area is 143 Å². The maximum Gasteiger partial charge on any atom is 0.343 e. The van der Waals surface area contributed by atoms with Gasteiger partial charge in [0.25, 0.3) is 11.8 Å². The van der Waals surface area contributed by atoms with Gasteiger partial charge in [-0.2, -0.15) is 0 Å². The van der Waals surface area contributed by atoms with Gasteiger partial charge < -0.3 is 14.2 Å². The quantitative estimate of drug-likeness (QED) is 0.611. The number of nitrogens with zero attached hydrogens (tertiary/aromatic N) is 1. The second-order valence-corrected chi connectivity index (χ2v) is 5.19. The predicted octanol–water partition coefficient (Wildman–Crippen LogP) is 2.05. The summed E-state index contributed by atoms with van der Waals surface area (Å²) in [5.74, 6) is -0.788. The largest absolute Gasteiger partial charge is 0.495 e. The zero-order chi connectivity index (χ0) is 18.0. The van der Waals surface area contributed by atoms with Crippen molar-refractivity contribution < 1.29 is 28.6 Å². The van der Waals surface area contributed by atoms with Crippen molar-refractivity contribution in [1.29, 1.82) is 0 Å². The molecular weight excluding hydrogens is 326 g/mol. The van der Waals surface area contributed by atoms with Crippen LogP contribution in [-0.4, -0.2) is 38.6 Å². The highest BCUT2D eigenvalue weighted by molar-refractivity contribution is 6.34. The number of amides is 2. The fourth-order valence-corrected chi connectivity index (χ4v) is 2.54. The third kappa shape index (κ3) is 2.91. The Balaban J connectivity index is 1.97. The van der Waals surface area contributed by atoms with E-state index in [0.29, 0.717) is 22.6 Å². The molecule has 1 aliphatic heterocycles. The van der Waals surface area contributed by atoms with Crippen LogP contribution in [0.1, 0.15) is 20.7 Å². The van der Waals surface area contributed by atoms with Gasteiger partial charge in [0.1, 0.15) is 11.5 Å². The van der Waals surface area contributed by atoms with Crippen molar-refractivity contribution in [2.45, 2.75) is 0 Å². The first kappa shape index (κ1) is 16.5. The highest BCUT2D eigenvalue weighted by Crippen LogP contribution is 2.37. The van der Waals surface area contributed by atoms with Gasteiger partial charge in [0.2, 0.25) is 0 Å². The molecule has 0 atom stereocenters. The Morgan fingerprint density at radius 1 is 1.00 bits per heavy atom. The molecular formula is C18H15NO6. The molecule has 7 nitrogen and oxygen atoms in total. The number of hydrogen-bond acceptors (Lipinski definition) is 6. The molecule has 25 heavy (non-hydrogen) atoms. The minimum Gasteiger partial charge on any atom is -0.495 e. The van der Waals surface area contributed by atoms with Crippen LogP contribution >= 0.6 is 0 Å². The van der Waals surface area contributed by atoms with Crippen LogP contribution in [0.4, 0.5) is 5.69 Å². The number of carbonyl (C=O) groups is 3. The number of imide groups is 1. The summed E-state index contributed by atoms with van der Waals surface area (Å²) in [4.78, 5) is 37.5. The average molecular weight is 341 g/mol. The minimum absolute atomic E-state index is 0.246. The second-order valence-electron chi connectivity index (χ2n) is 5.19. The average Bonchev–Trinajstić information content (AvgIpc) is 2.90. The van der Waals surface area contributed by atoms with Crippen LogP contribution in [0.2, 0.25) is 0 Å². The Morgan fingerprint density at radius 3 is 2.20 bits per heavy atom. The standard InChI is InChI=1S/C18H15NO6/c1-23-15-8-7-11(25-10-16(20)24-2)9-14(15)19-17(21)12-5-3-4-6-13(12)18(19)22/h3-9H,10H2,1-2H3. The Hall–Kier alpha value is -3.35. The number of benzene rings is 2. The SMILES string of the molecule is COC(=O)COc1ccc(OC)c(N2C(=O)c3ccccc3C2=O)c1. The third-order valence-electron chi connectivity index (χ3n) is 3.77. The molecule has 2 aromatic rings. The van der Waals surface area contributed by atoms with Crippen molar-refractivity contribution >= 4 is 23.5 Å². The molecule has 2 amide bonds. The zero-order valence-electron chi connectivity index (χ0n) is 13.6. The van der Waals surface area contributed by atoms with E-state index in [2.05, 4.69) is 4.74 Å². The smallest absolute Gasteiger partial charge is 0.343 e. The number of anilines is 1. The van der Waals surface area contributed by atoms with E-state index < -0.39 is 17.8 Å². The van der Waals surface area contributed by atoms with E-state index >= 15 is 0 Å². The van der Waals surface area contributed by atoms with E-state index in [4.69, 9.17) is 9.47 Å². The maximum atomic E-state index is 12.6. The first-order valence-electron chi connectivity index (χ1n) is 7.42. The Bertz CT molecular complexity index is 825. The number of fused-ring (bicyclic) bond motifs is 1. The lowest BCUT2D eigenvalue weighted by Gasteiger charge is -2.18. The van der Waals surface area contributed by atoms with Crippen LogP contribution < -0.4 is 14.4 Å². The number of esters is 1. The van der Waals surface area contributed by atoms with Crippen LogP contribution in [0.5, 0.6) is 11.5 Å². The first-order valence-corrected chi connectivity index (χ1v) is 7.42. The molecule has 0 saturated heterocycles. The number of methoxy groups -OCH3 is 2. The molecule has 0 unspecified atom stereocenters. The monoisotopic (exact) mass is 341 g/mol. The Morgan fingerprint density at radius 2 is 1.64 bits per heavy atom. The van der Waals surface area contributed by atoms with Crippen molar-refractivity contribution in [2.24, 2.45) is 0 Å². The predicted molar refractivity (Wildman–Crippen MR) is 88.1 cm³/mol. The van der Waals surface area contributed by atoms with E-state index in [1.807, 2.05) is 0 Å². The van der Waals surface area contributed by atoms with Crippen molar-refractivity contribution in [3.63, 3.8) is 0 Å². The molecule has 0 radical (unpaired) electrons. The lowest BCUT2D eigenvalue weighted by atomic mass is 10.1. The molecule has 2 aromatic carbocycles. The normalized spacial score (nSPS) is 12.8. The van der Waals surface area contributed by atoms with Crippen molar-refractivity contribution in [1.82, 2.24) is 0 Å². The van der Waals surface area contributed by atoms with E-state index in [-0.39, 0.29) is 12.3 Å². The molecule has 0 saturated carbocycles. The molecule has 0 N–H and O–H groups in total. The summed E-state index contributed by atoms with van der Waals surface area (Å²) >= 11 is 0. The van der Waals surface area contributed by atoms with Gasteiger partial charge in [-0.25, -0.2) is 9.69 Å². The molecule has 0 spiro atoms. The number of ether oxygens (including phenoxy) is 3. The lowest BCUT2D eigenvalue weighted by Crippen LogP contribution is -2.29. The summed E-state index contributed by atoms with van der Waals surface area (Å²) < 4.78 is 15.1. The zero-order valence-corrected chi connectivity index (χ0v) is 13.6. The number of rotatable bonds is 5.